The second-order valence-corrected chi connectivity index (χ2v) is 6.90. The van der Waals surface area contributed by atoms with Crippen LogP contribution in [-0.4, -0.2) is 65.1 Å². The Balaban J connectivity index is 1.71. The van der Waals surface area contributed by atoms with Crippen molar-refractivity contribution in [3.8, 4) is 0 Å². The molecule has 144 valence electrons. The standard InChI is InChI=1S/C19H24FN5O2/c1-23(2)11-8-21-18(26)16-12-17-19(27)24(9-3-10-25(17)22-16)13-14-4-6-15(20)7-5-14/h4-7,12H,3,8-11,13H2,1-2H3,(H,21,26). The fourth-order valence-corrected chi connectivity index (χ4v) is 2.99. The van der Waals surface area contributed by atoms with Gasteiger partial charge in [0.2, 0.25) is 0 Å². The number of likely N-dealkylation sites (N-methyl/N-ethyl adjacent to an activating group) is 1. The summed E-state index contributed by atoms with van der Waals surface area (Å²) in [5, 5.41) is 7.12. The lowest BCUT2D eigenvalue weighted by Crippen LogP contribution is -2.32. The average molecular weight is 373 g/mol. The number of aryl methyl sites for hydroxylation is 1. The zero-order chi connectivity index (χ0) is 19.4. The topological polar surface area (TPSA) is 70.5 Å². The predicted molar refractivity (Wildman–Crippen MR) is 98.9 cm³/mol. The summed E-state index contributed by atoms with van der Waals surface area (Å²) in [5.74, 6) is -0.754. The van der Waals surface area contributed by atoms with Crippen LogP contribution in [0.15, 0.2) is 30.3 Å². The molecule has 1 aromatic carbocycles. The molecule has 27 heavy (non-hydrogen) atoms. The highest BCUT2D eigenvalue weighted by Crippen LogP contribution is 2.17. The summed E-state index contributed by atoms with van der Waals surface area (Å²) in [6, 6.07) is 7.68. The molecular formula is C19H24FN5O2. The van der Waals surface area contributed by atoms with Crippen LogP contribution in [0.4, 0.5) is 4.39 Å². The maximum absolute atomic E-state index is 13.1. The van der Waals surface area contributed by atoms with E-state index in [1.54, 1.807) is 27.8 Å². The predicted octanol–water partition coefficient (Wildman–Crippen LogP) is 1.36. The average Bonchev–Trinajstić information content (AvgIpc) is 3.00. The Hall–Kier alpha value is -2.74. The van der Waals surface area contributed by atoms with Crippen molar-refractivity contribution in [1.29, 1.82) is 0 Å². The molecule has 1 aromatic heterocycles. The summed E-state index contributed by atoms with van der Waals surface area (Å²) in [4.78, 5) is 28.9. The summed E-state index contributed by atoms with van der Waals surface area (Å²) in [6.07, 6.45) is 0.739. The van der Waals surface area contributed by atoms with E-state index in [1.165, 1.54) is 12.1 Å². The van der Waals surface area contributed by atoms with Gasteiger partial charge in [0, 0.05) is 38.8 Å². The lowest BCUT2D eigenvalue weighted by molar-refractivity contribution is 0.0745. The summed E-state index contributed by atoms with van der Waals surface area (Å²) in [7, 11) is 3.86. The van der Waals surface area contributed by atoms with Crippen molar-refractivity contribution < 1.29 is 14.0 Å². The molecule has 8 heteroatoms. The molecule has 0 radical (unpaired) electrons. The van der Waals surface area contributed by atoms with Crippen LogP contribution in [0.1, 0.15) is 33.0 Å². The molecule has 2 heterocycles. The van der Waals surface area contributed by atoms with Gasteiger partial charge in [0.25, 0.3) is 11.8 Å². The highest BCUT2D eigenvalue weighted by Gasteiger charge is 2.26. The fourth-order valence-electron chi connectivity index (χ4n) is 2.99. The first-order valence-corrected chi connectivity index (χ1v) is 8.98. The Kier molecular flexibility index (Phi) is 5.85. The van der Waals surface area contributed by atoms with Crippen LogP contribution < -0.4 is 5.32 Å². The molecular weight excluding hydrogens is 349 g/mol. The van der Waals surface area contributed by atoms with Crippen molar-refractivity contribution in [1.82, 2.24) is 24.9 Å². The molecule has 0 atom stereocenters. The minimum Gasteiger partial charge on any atom is -0.349 e. The number of fused-ring (bicyclic) bond motifs is 1. The third kappa shape index (κ3) is 4.71. The van der Waals surface area contributed by atoms with Gasteiger partial charge < -0.3 is 15.1 Å². The molecule has 0 spiro atoms. The van der Waals surface area contributed by atoms with Gasteiger partial charge in [-0.3, -0.25) is 14.3 Å². The maximum Gasteiger partial charge on any atom is 0.272 e. The monoisotopic (exact) mass is 373 g/mol. The van der Waals surface area contributed by atoms with E-state index in [1.807, 2.05) is 19.0 Å². The van der Waals surface area contributed by atoms with Crippen LogP contribution in [0.3, 0.4) is 0 Å². The minimum atomic E-state index is -0.302. The van der Waals surface area contributed by atoms with E-state index in [4.69, 9.17) is 0 Å². The van der Waals surface area contributed by atoms with E-state index in [0.717, 1.165) is 18.5 Å². The number of carbonyl (C=O) groups excluding carboxylic acids is 2. The number of carbonyl (C=O) groups is 2. The van der Waals surface area contributed by atoms with Crippen LogP contribution in [0, 0.1) is 5.82 Å². The maximum atomic E-state index is 13.1. The van der Waals surface area contributed by atoms with Gasteiger partial charge in [-0.1, -0.05) is 12.1 Å². The van der Waals surface area contributed by atoms with Gasteiger partial charge in [-0.15, -0.1) is 0 Å². The number of hydrogen-bond acceptors (Lipinski definition) is 4. The minimum absolute atomic E-state index is 0.170. The third-order valence-corrected chi connectivity index (χ3v) is 4.45. The Morgan fingerprint density at radius 1 is 1.26 bits per heavy atom. The number of nitrogens with zero attached hydrogens (tertiary/aromatic N) is 4. The van der Waals surface area contributed by atoms with E-state index in [9.17, 15) is 14.0 Å². The summed E-state index contributed by atoms with van der Waals surface area (Å²) < 4.78 is 14.7. The van der Waals surface area contributed by atoms with Gasteiger partial charge in [0.05, 0.1) is 0 Å². The molecule has 0 unspecified atom stereocenters. The molecule has 2 aromatic rings. The van der Waals surface area contributed by atoms with Crippen molar-refractivity contribution in [3.05, 3.63) is 53.1 Å². The van der Waals surface area contributed by atoms with E-state index >= 15 is 0 Å². The molecule has 2 amide bonds. The SMILES string of the molecule is CN(C)CCNC(=O)c1cc2n(n1)CCCN(Cc1ccc(F)cc1)C2=O. The van der Waals surface area contributed by atoms with Crippen LogP contribution in [0.5, 0.6) is 0 Å². The van der Waals surface area contributed by atoms with Gasteiger partial charge >= 0.3 is 0 Å². The van der Waals surface area contributed by atoms with Crippen molar-refractivity contribution in [2.24, 2.45) is 0 Å². The lowest BCUT2D eigenvalue weighted by atomic mass is 10.2. The summed E-state index contributed by atoms with van der Waals surface area (Å²) >= 11 is 0. The molecule has 0 saturated carbocycles. The van der Waals surface area contributed by atoms with E-state index < -0.39 is 0 Å². The number of halogens is 1. The van der Waals surface area contributed by atoms with Gasteiger partial charge in [-0.05, 0) is 38.2 Å². The number of aromatic nitrogens is 2. The Labute approximate surface area is 157 Å². The van der Waals surface area contributed by atoms with Crippen molar-refractivity contribution in [3.63, 3.8) is 0 Å². The molecule has 0 saturated heterocycles. The molecule has 7 nitrogen and oxygen atoms in total. The number of benzene rings is 1. The number of nitrogens with one attached hydrogen (secondary N) is 1. The summed E-state index contributed by atoms with van der Waals surface area (Å²) in [5.41, 5.74) is 1.52. The van der Waals surface area contributed by atoms with E-state index in [-0.39, 0.29) is 23.3 Å². The number of hydrogen-bond donors (Lipinski definition) is 1. The van der Waals surface area contributed by atoms with Crippen LogP contribution in [-0.2, 0) is 13.1 Å². The lowest BCUT2D eigenvalue weighted by Gasteiger charge is -2.20. The highest BCUT2D eigenvalue weighted by atomic mass is 19.1. The highest BCUT2D eigenvalue weighted by molar-refractivity contribution is 5.98. The second-order valence-electron chi connectivity index (χ2n) is 6.90. The number of rotatable bonds is 6. The smallest absolute Gasteiger partial charge is 0.272 e. The first-order valence-electron chi connectivity index (χ1n) is 8.98. The Morgan fingerprint density at radius 2 is 2.00 bits per heavy atom. The van der Waals surface area contributed by atoms with E-state index in [2.05, 4.69) is 10.4 Å². The fraction of sp³-hybridized carbons (Fsp3) is 0.421. The quantitative estimate of drug-likeness (QED) is 0.830. The second kappa shape index (κ2) is 8.30. The van der Waals surface area contributed by atoms with Crippen molar-refractivity contribution in [2.75, 3.05) is 33.7 Å². The largest absolute Gasteiger partial charge is 0.349 e. The van der Waals surface area contributed by atoms with Gasteiger partial charge in [0.1, 0.15) is 11.5 Å². The van der Waals surface area contributed by atoms with Crippen LogP contribution >= 0.6 is 0 Å². The third-order valence-electron chi connectivity index (χ3n) is 4.45. The molecule has 3 rings (SSSR count). The summed E-state index contributed by atoms with van der Waals surface area (Å²) in [6.45, 7) is 2.80. The molecule has 1 N–H and O–H groups in total. The Bertz CT molecular complexity index is 816. The van der Waals surface area contributed by atoms with Crippen molar-refractivity contribution >= 4 is 11.8 Å². The molecule has 0 aliphatic carbocycles. The van der Waals surface area contributed by atoms with Crippen LogP contribution in [0.2, 0.25) is 0 Å². The van der Waals surface area contributed by atoms with E-state index in [0.29, 0.717) is 31.9 Å². The molecule has 1 aliphatic rings. The van der Waals surface area contributed by atoms with Crippen molar-refractivity contribution in [2.45, 2.75) is 19.5 Å². The van der Waals surface area contributed by atoms with Crippen LogP contribution in [0.25, 0.3) is 0 Å². The molecule has 0 bridgehead atoms. The first-order chi connectivity index (χ1) is 12.9. The van der Waals surface area contributed by atoms with Gasteiger partial charge in [0.15, 0.2) is 5.69 Å². The first kappa shape index (κ1) is 19.0. The zero-order valence-electron chi connectivity index (χ0n) is 15.6. The molecule has 0 fully saturated rings. The number of amides is 2. The Morgan fingerprint density at radius 3 is 2.70 bits per heavy atom. The van der Waals surface area contributed by atoms with Gasteiger partial charge in [-0.2, -0.15) is 5.10 Å². The zero-order valence-corrected chi connectivity index (χ0v) is 15.6. The van der Waals surface area contributed by atoms with Gasteiger partial charge in [-0.25, -0.2) is 4.39 Å². The molecule has 1 aliphatic heterocycles. The normalized spacial score (nSPS) is 14.2.